The van der Waals surface area contributed by atoms with Crippen LogP contribution >= 0.6 is 0 Å². The van der Waals surface area contributed by atoms with Crippen molar-refractivity contribution < 1.29 is 24.2 Å². The van der Waals surface area contributed by atoms with Crippen molar-refractivity contribution in [1.82, 2.24) is 4.90 Å². The average molecular weight is 356 g/mol. The molecule has 2 aromatic rings. The molecule has 0 unspecified atom stereocenters. The van der Waals surface area contributed by atoms with Crippen LogP contribution in [0.15, 0.2) is 36.4 Å². The lowest BCUT2D eigenvalue weighted by Crippen LogP contribution is -2.45. The number of amides is 2. The molecule has 1 aliphatic heterocycles. The number of ether oxygens (including phenoxy) is 1. The molecule has 0 radical (unpaired) electrons. The molecule has 3 rings (SSSR count). The zero-order valence-corrected chi connectivity index (χ0v) is 14.2. The maximum atomic E-state index is 12.2. The number of phenols is 1. The van der Waals surface area contributed by atoms with E-state index in [0.29, 0.717) is 24.8 Å². The number of hydrogen-bond acceptors (Lipinski definition) is 5. The Morgan fingerprint density at radius 1 is 1.19 bits per heavy atom. The van der Waals surface area contributed by atoms with E-state index in [1.807, 2.05) is 12.1 Å². The standard InChI is InChI=1S/C19H20N2O5/c20-18(24)13-5-3-9-21(10-13)16(22)11-26-19(25)15-8-7-12-4-1-2-6-14(12)17(15)23/h1-2,4,6-8,13,23H,3,5,9-11H2,(H2,20,24)/t13-/m1/s1. The number of aromatic hydroxyl groups is 1. The van der Waals surface area contributed by atoms with Crippen LogP contribution in [0, 0.1) is 5.92 Å². The summed E-state index contributed by atoms with van der Waals surface area (Å²) in [6.07, 6.45) is 1.34. The number of rotatable bonds is 4. The Morgan fingerprint density at radius 2 is 1.96 bits per heavy atom. The maximum Gasteiger partial charge on any atom is 0.342 e. The number of likely N-dealkylation sites (tertiary alicyclic amines) is 1. The minimum Gasteiger partial charge on any atom is -0.506 e. The minimum atomic E-state index is -0.773. The Bertz CT molecular complexity index is 864. The number of benzene rings is 2. The lowest BCUT2D eigenvalue weighted by atomic mass is 9.97. The third-order valence-corrected chi connectivity index (χ3v) is 4.62. The van der Waals surface area contributed by atoms with E-state index >= 15 is 0 Å². The van der Waals surface area contributed by atoms with Crippen molar-refractivity contribution in [2.45, 2.75) is 12.8 Å². The number of esters is 1. The molecule has 26 heavy (non-hydrogen) atoms. The van der Waals surface area contributed by atoms with E-state index in [9.17, 15) is 19.5 Å². The van der Waals surface area contributed by atoms with Crippen molar-refractivity contribution in [3.63, 3.8) is 0 Å². The van der Waals surface area contributed by atoms with Gasteiger partial charge in [-0.2, -0.15) is 0 Å². The van der Waals surface area contributed by atoms with E-state index in [1.165, 1.54) is 11.0 Å². The largest absolute Gasteiger partial charge is 0.506 e. The second-order valence-electron chi connectivity index (χ2n) is 6.34. The van der Waals surface area contributed by atoms with Gasteiger partial charge in [-0.05, 0) is 24.3 Å². The van der Waals surface area contributed by atoms with Gasteiger partial charge in [0.15, 0.2) is 6.61 Å². The van der Waals surface area contributed by atoms with Crippen LogP contribution in [0.25, 0.3) is 10.8 Å². The molecule has 136 valence electrons. The smallest absolute Gasteiger partial charge is 0.342 e. The van der Waals surface area contributed by atoms with Gasteiger partial charge < -0.3 is 20.5 Å². The van der Waals surface area contributed by atoms with Crippen molar-refractivity contribution in [2.24, 2.45) is 11.7 Å². The van der Waals surface area contributed by atoms with Crippen LogP contribution in [0.3, 0.4) is 0 Å². The predicted octanol–water partition coefficient (Wildman–Crippen LogP) is 1.43. The van der Waals surface area contributed by atoms with Crippen LogP contribution in [0.1, 0.15) is 23.2 Å². The van der Waals surface area contributed by atoms with Crippen LogP contribution in [0.4, 0.5) is 0 Å². The van der Waals surface area contributed by atoms with Gasteiger partial charge in [0.25, 0.3) is 5.91 Å². The molecule has 0 spiro atoms. The molecule has 1 fully saturated rings. The summed E-state index contributed by atoms with van der Waals surface area (Å²) in [7, 11) is 0. The zero-order valence-electron chi connectivity index (χ0n) is 14.2. The number of carbonyl (C=O) groups excluding carboxylic acids is 3. The van der Waals surface area contributed by atoms with Crippen molar-refractivity contribution in [3.05, 3.63) is 42.0 Å². The lowest BCUT2D eigenvalue weighted by Gasteiger charge is -2.31. The predicted molar refractivity (Wildman–Crippen MR) is 94.4 cm³/mol. The Morgan fingerprint density at radius 3 is 2.73 bits per heavy atom. The third kappa shape index (κ3) is 3.61. The fraction of sp³-hybridized carbons (Fsp3) is 0.316. The van der Waals surface area contributed by atoms with Gasteiger partial charge in [0.1, 0.15) is 11.3 Å². The van der Waals surface area contributed by atoms with E-state index in [4.69, 9.17) is 10.5 Å². The van der Waals surface area contributed by atoms with Gasteiger partial charge in [-0.25, -0.2) is 4.79 Å². The zero-order chi connectivity index (χ0) is 18.7. The number of nitrogens with two attached hydrogens (primary N) is 1. The Balaban J connectivity index is 1.64. The first-order valence-electron chi connectivity index (χ1n) is 8.42. The fourth-order valence-corrected chi connectivity index (χ4v) is 3.15. The first-order chi connectivity index (χ1) is 12.5. The van der Waals surface area contributed by atoms with E-state index < -0.39 is 18.5 Å². The molecule has 0 bridgehead atoms. The lowest BCUT2D eigenvalue weighted by molar-refractivity contribution is -0.137. The van der Waals surface area contributed by atoms with Crippen molar-refractivity contribution in [2.75, 3.05) is 19.7 Å². The minimum absolute atomic E-state index is 0.00477. The fourth-order valence-electron chi connectivity index (χ4n) is 3.15. The molecular weight excluding hydrogens is 336 g/mol. The third-order valence-electron chi connectivity index (χ3n) is 4.62. The summed E-state index contributed by atoms with van der Waals surface area (Å²) in [5, 5.41) is 11.6. The molecule has 1 heterocycles. The molecule has 1 saturated heterocycles. The van der Waals surface area contributed by atoms with E-state index in [2.05, 4.69) is 0 Å². The first kappa shape index (κ1) is 17.7. The van der Waals surface area contributed by atoms with Gasteiger partial charge in [-0.3, -0.25) is 9.59 Å². The van der Waals surface area contributed by atoms with Crippen molar-refractivity contribution in [1.29, 1.82) is 0 Å². The monoisotopic (exact) mass is 356 g/mol. The molecule has 3 N–H and O–H groups in total. The molecule has 2 amide bonds. The van der Waals surface area contributed by atoms with Gasteiger partial charge in [-0.1, -0.05) is 30.3 Å². The molecule has 0 aliphatic carbocycles. The number of nitrogens with zero attached hydrogens (tertiary/aromatic N) is 1. The number of carbonyl (C=O) groups is 3. The number of fused-ring (bicyclic) bond motifs is 1. The van der Waals surface area contributed by atoms with Gasteiger partial charge >= 0.3 is 5.97 Å². The molecule has 0 aromatic heterocycles. The highest BCUT2D eigenvalue weighted by Gasteiger charge is 2.27. The second kappa shape index (κ2) is 7.43. The number of primary amides is 1. The summed E-state index contributed by atoms with van der Waals surface area (Å²) in [5.74, 6) is -2.13. The van der Waals surface area contributed by atoms with E-state index in [0.717, 1.165) is 5.39 Å². The highest BCUT2D eigenvalue weighted by atomic mass is 16.5. The Hall–Kier alpha value is -3.09. The summed E-state index contributed by atoms with van der Waals surface area (Å²) in [5.41, 5.74) is 5.30. The van der Waals surface area contributed by atoms with Crippen LogP contribution in [0.2, 0.25) is 0 Å². The van der Waals surface area contributed by atoms with Crippen LogP contribution in [0.5, 0.6) is 5.75 Å². The summed E-state index contributed by atoms with van der Waals surface area (Å²) >= 11 is 0. The van der Waals surface area contributed by atoms with Crippen LogP contribution < -0.4 is 5.73 Å². The van der Waals surface area contributed by atoms with Gasteiger partial charge in [0.05, 0.1) is 5.92 Å². The van der Waals surface area contributed by atoms with Crippen molar-refractivity contribution in [3.8, 4) is 5.75 Å². The number of hydrogen-bond donors (Lipinski definition) is 2. The molecule has 7 heteroatoms. The molecule has 2 aromatic carbocycles. The molecule has 1 atom stereocenters. The Labute approximate surface area is 150 Å². The maximum absolute atomic E-state index is 12.2. The van der Waals surface area contributed by atoms with Gasteiger partial charge in [-0.15, -0.1) is 0 Å². The molecular formula is C19H20N2O5. The molecule has 7 nitrogen and oxygen atoms in total. The topological polar surface area (TPSA) is 110 Å². The van der Waals surface area contributed by atoms with Crippen LogP contribution in [-0.2, 0) is 14.3 Å². The average Bonchev–Trinajstić information content (AvgIpc) is 2.66. The summed E-state index contributed by atoms with van der Waals surface area (Å²) in [6, 6.07) is 10.3. The second-order valence-corrected chi connectivity index (χ2v) is 6.34. The Kier molecular flexibility index (Phi) is 5.06. The van der Waals surface area contributed by atoms with Gasteiger partial charge in [0, 0.05) is 18.5 Å². The summed E-state index contributed by atoms with van der Waals surface area (Å²) in [4.78, 5) is 37.2. The highest BCUT2D eigenvalue weighted by Crippen LogP contribution is 2.29. The van der Waals surface area contributed by atoms with Gasteiger partial charge in [0.2, 0.25) is 5.91 Å². The van der Waals surface area contributed by atoms with E-state index in [-0.39, 0.29) is 29.7 Å². The van der Waals surface area contributed by atoms with Crippen LogP contribution in [-0.4, -0.2) is 47.5 Å². The SMILES string of the molecule is NC(=O)[C@@H]1CCCN(C(=O)COC(=O)c2ccc3ccccc3c2O)C1. The highest BCUT2D eigenvalue weighted by molar-refractivity contribution is 6.01. The molecule has 0 saturated carbocycles. The van der Waals surface area contributed by atoms with Crippen molar-refractivity contribution >= 4 is 28.6 Å². The normalized spacial score (nSPS) is 17.1. The number of piperidine rings is 1. The van der Waals surface area contributed by atoms with E-state index in [1.54, 1.807) is 18.2 Å². The quantitative estimate of drug-likeness (QED) is 0.805. The number of phenolic OH excluding ortho intramolecular Hbond substituents is 1. The summed E-state index contributed by atoms with van der Waals surface area (Å²) in [6.45, 7) is 0.297. The summed E-state index contributed by atoms with van der Waals surface area (Å²) < 4.78 is 5.06. The molecule has 1 aliphatic rings. The first-order valence-corrected chi connectivity index (χ1v) is 8.42.